The van der Waals surface area contributed by atoms with E-state index in [0.29, 0.717) is 0 Å². The molecule has 0 radical (unpaired) electrons. The second-order valence-electron chi connectivity index (χ2n) is 4.98. The van der Waals surface area contributed by atoms with Crippen molar-refractivity contribution in [2.24, 2.45) is 7.05 Å². The summed E-state index contributed by atoms with van der Waals surface area (Å²) in [6, 6.07) is 8.38. The smallest absolute Gasteiger partial charge is 0.0641 e. The van der Waals surface area contributed by atoms with Crippen molar-refractivity contribution in [1.82, 2.24) is 15.1 Å². The van der Waals surface area contributed by atoms with Gasteiger partial charge in [0.25, 0.3) is 0 Å². The molecule has 2 atom stereocenters. The van der Waals surface area contributed by atoms with Gasteiger partial charge in [0.1, 0.15) is 0 Å². The first-order chi connectivity index (χ1) is 8.99. The van der Waals surface area contributed by atoms with Crippen LogP contribution >= 0.6 is 11.6 Å². The first-order valence-corrected chi connectivity index (χ1v) is 6.87. The highest BCUT2D eigenvalue weighted by atomic mass is 35.5. The van der Waals surface area contributed by atoms with Gasteiger partial charge in [0, 0.05) is 35.9 Å². The number of hydrogen-bond donors (Lipinski definition) is 1. The summed E-state index contributed by atoms with van der Waals surface area (Å²) in [4.78, 5) is 0. The minimum Gasteiger partial charge on any atom is -0.303 e. The van der Waals surface area contributed by atoms with Gasteiger partial charge >= 0.3 is 0 Å². The number of nitrogens with one attached hydrogen (secondary N) is 1. The normalized spacial score (nSPS) is 14.4. The second kappa shape index (κ2) is 5.76. The standard InChI is InChI=1S/C15H20ClN3/c1-10(13-7-5-6-8-15(13)16)17-11(2)14-9-19(4)18-12(14)3/h5-11,17H,1-4H3/t10-,11?/m0/s1. The van der Waals surface area contributed by atoms with E-state index in [1.54, 1.807) is 0 Å². The first-order valence-electron chi connectivity index (χ1n) is 6.49. The molecule has 0 saturated heterocycles. The van der Waals surface area contributed by atoms with E-state index in [0.717, 1.165) is 16.3 Å². The molecule has 0 spiro atoms. The molecular weight excluding hydrogens is 258 g/mol. The molecule has 4 heteroatoms. The van der Waals surface area contributed by atoms with Crippen molar-refractivity contribution < 1.29 is 0 Å². The lowest BCUT2D eigenvalue weighted by atomic mass is 10.0. The average Bonchev–Trinajstić information content (AvgIpc) is 2.69. The van der Waals surface area contributed by atoms with Crippen LogP contribution in [0.2, 0.25) is 5.02 Å². The highest BCUT2D eigenvalue weighted by Gasteiger charge is 2.16. The third-order valence-electron chi connectivity index (χ3n) is 3.39. The molecule has 1 unspecified atom stereocenters. The fraction of sp³-hybridized carbons (Fsp3) is 0.400. The zero-order chi connectivity index (χ0) is 14.0. The van der Waals surface area contributed by atoms with E-state index in [2.05, 4.69) is 36.5 Å². The highest BCUT2D eigenvalue weighted by molar-refractivity contribution is 6.31. The maximum atomic E-state index is 6.23. The Hall–Kier alpha value is -1.32. The summed E-state index contributed by atoms with van der Waals surface area (Å²) in [5.74, 6) is 0. The SMILES string of the molecule is Cc1nn(C)cc1C(C)N[C@@H](C)c1ccccc1Cl. The number of rotatable bonds is 4. The molecule has 2 aromatic rings. The Morgan fingerprint density at radius 2 is 1.79 bits per heavy atom. The molecule has 0 aliphatic carbocycles. The lowest BCUT2D eigenvalue weighted by Crippen LogP contribution is -2.23. The molecule has 19 heavy (non-hydrogen) atoms. The summed E-state index contributed by atoms with van der Waals surface area (Å²) in [5, 5.41) is 8.75. The minimum atomic E-state index is 0.198. The van der Waals surface area contributed by atoms with Gasteiger partial charge in [-0.25, -0.2) is 0 Å². The van der Waals surface area contributed by atoms with Crippen LogP contribution in [0.4, 0.5) is 0 Å². The van der Waals surface area contributed by atoms with Gasteiger partial charge < -0.3 is 5.32 Å². The van der Waals surface area contributed by atoms with Crippen molar-refractivity contribution in [3.05, 3.63) is 52.3 Å². The Kier molecular flexibility index (Phi) is 4.27. The van der Waals surface area contributed by atoms with Crippen LogP contribution in [-0.2, 0) is 7.05 Å². The van der Waals surface area contributed by atoms with Crippen LogP contribution in [-0.4, -0.2) is 9.78 Å². The monoisotopic (exact) mass is 277 g/mol. The largest absolute Gasteiger partial charge is 0.303 e. The van der Waals surface area contributed by atoms with Crippen molar-refractivity contribution in [2.45, 2.75) is 32.9 Å². The van der Waals surface area contributed by atoms with Gasteiger partial charge in [-0.05, 0) is 32.4 Å². The van der Waals surface area contributed by atoms with Crippen molar-refractivity contribution in [2.75, 3.05) is 0 Å². The lowest BCUT2D eigenvalue weighted by Gasteiger charge is -2.21. The minimum absolute atomic E-state index is 0.198. The Balaban J connectivity index is 2.13. The van der Waals surface area contributed by atoms with Gasteiger partial charge in [-0.3, -0.25) is 4.68 Å². The molecule has 2 rings (SSSR count). The lowest BCUT2D eigenvalue weighted by molar-refractivity contribution is 0.493. The van der Waals surface area contributed by atoms with E-state index >= 15 is 0 Å². The van der Waals surface area contributed by atoms with E-state index in [4.69, 9.17) is 11.6 Å². The van der Waals surface area contributed by atoms with Crippen molar-refractivity contribution in [3.8, 4) is 0 Å². The predicted molar refractivity (Wildman–Crippen MR) is 79.4 cm³/mol. The molecule has 0 bridgehead atoms. The van der Waals surface area contributed by atoms with E-state index < -0.39 is 0 Å². The van der Waals surface area contributed by atoms with Crippen LogP contribution in [0.15, 0.2) is 30.5 Å². The fourth-order valence-electron chi connectivity index (χ4n) is 2.42. The van der Waals surface area contributed by atoms with Crippen LogP contribution in [0.3, 0.4) is 0 Å². The summed E-state index contributed by atoms with van der Waals surface area (Å²) >= 11 is 6.23. The van der Waals surface area contributed by atoms with Crippen LogP contribution in [0.25, 0.3) is 0 Å². The Bertz CT molecular complexity index is 562. The summed E-state index contributed by atoms with van der Waals surface area (Å²) in [5.41, 5.74) is 3.41. The molecule has 3 nitrogen and oxygen atoms in total. The number of halogens is 1. The fourth-order valence-corrected chi connectivity index (χ4v) is 2.72. The third kappa shape index (κ3) is 3.17. The second-order valence-corrected chi connectivity index (χ2v) is 5.38. The Labute approximate surface area is 119 Å². The quantitative estimate of drug-likeness (QED) is 0.921. The number of hydrogen-bond acceptors (Lipinski definition) is 2. The van der Waals surface area contributed by atoms with Gasteiger partial charge in [0.15, 0.2) is 0 Å². The van der Waals surface area contributed by atoms with Gasteiger partial charge in [0.2, 0.25) is 0 Å². The number of aromatic nitrogens is 2. The molecular formula is C15H20ClN3. The van der Waals surface area contributed by atoms with E-state index in [1.807, 2.05) is 36.9 Å². The molecule has 1 heterocycles. The van der Waals surface area contributed by atoms with E-state index in [9.17, 15) is 0 Å². The van der Waals surface area contributed by atoms with Crippen molar-refractivity contribution >= 4 is 11.6 Å². The molecule has 0 amide bonds. The maximum absolute atomic E-state index is 6.23. The van der Waals surface area contributed by atoms with Crippen LogP contribution in [0.5, 0.6) is 0 Å². The summed E-state index contributed by atoms with van der Waals surface area (Å²) in [7, 11) is 1.95. The van der Waals surface area contributed by atoms with Crippen LogP contribution in [0.1, 0.15) is 42.8 Å². The number of aryl methyl sites for hydroxylation is 2. The molecule has 102 valence electrons. The molecule has 0 fully saturated rings. The topological polar surface area (TPSA) is 29.9 Å². The Morgan fingerprint density at radius 1 is 1.16 bits per heavy atom. The zero-order valence-corrected chi connectivity index (χ0v) is 12.6. The molecule has 0 aliphatic heterocycles. The molecule has 1 N–H and O–H groups in total. The Morgan fingerprint density at radius 3 is 2.37 bits per heavy atom. The molecule has 0 aliphatic rings. The zero-order valence-electron chi connectivity index (χ0n) is 11.8. The van der Waals surface area contributed by atoms with Gasteiger partial charge in [-0.15, -0.1) is 0 Å². The number of nitrogens with zero attached hydrogens (tertiary/aromatic N) is 2. The first kappa shape index (κ1) is 14.1. The van der Waals surface area contributed by atoms with Gasteiger partial charge in [0.05, 0.1) is 5.69 Å². The summed E-state index contributed by atoms with van der Waals surface area (Å²) in [6.45, 7) is 6.31. The summed E-state index contributed by atoms with van der Waals surface area (Å²) in [6.07, 6.45) is 2.06. The van der Waals surface area contributed by atoms with Crippen LogP contribution in [0, 0.1) is 6.92 Å². The van der Waals surface area contributed by atoms with Crippen LogP contribution < -0.4 is 5.32 Å². The predicted octanol–water partition coefficient (Wildman–Crippen LogP) is 3.79. The average molecular weight is 278 g/mol. The number of benzene rings is 1. The van der Waals surface area contributed by atoms with Crippen molar-refractivity contribution in [3.63, 3.8) is 0 Å². The molecule has 1 aromatic heterocycles. The highest BCUT2D eigenvalue weighted by Crippen LogP contribution is 2.25. The third-order valence-corrected chi connectivity index (χ3v) is 3.73. The van der Waals surface area contributed by atoms with Gasteiger partial charge in [-0.2, -0.15) is 5.10 Å². The van der Waals surface area contributed by atoms with Crippen molar-refractivity contribution in [1.29, 1.82) is 0 Å². The van der Waals surface area contributed by atoms with E-state index in [1.165, 1.54) is 5.56 Å². The molecule has 1 aromatic carbocycles. The maximum Gasteiger partial charge on any atom is 0.0641 e. The van der Waals surface area contributed by atoms with Gasteiger partial charge in [-0.1, -0.05) is 29.8 Å². The van der Waals surface area contributed by atoms with E-state index in [-0.39, 0.29) is 12.1 Å². The molecule has 0 saturated carbocycles. The summed E-state index contributed by atoms with van der Waals surface area (Å²) < 4.78 is 1.85.